The molecule has 0 spiro atoms. The second-order valence-corrected chi connectivity index (χ2v) is 3.75. The summed E-state index contributed by atoms with van der Waals surface area (Å²) in [6.45, 7) is 4.07. The number of piperidine rings is 1. The molecular formula is C9H14F3NO. The molecule has 2 N–H and O–H groups in total. The van der Waals surface area contributed by atoms with E-state index in [0.717, 1.165) is 0 Å². The first-order valence-corrected chi connectivity index (χ1v) is 4.52. The number of halogens is 3. The first-order valence-electron chi connectivity index (χ1n) is 4.52. The second kappa shape index (κ2) is 3.90. The number of nitrogens with one attached hydrogen (secondary N) is 1. The molecular weight excluding hydrogens is 195 g/mol. The van der Waals surface area contributed by atoms with E-state index in [1.54, 1.807) is 0 Å². The van der Waals surface area contributed by atoms with Gasteiger partial charge in [-0.2, -0.15) is 13.2 Å². The van der Waals surface area contributed by atoms with E-state index in [-0.39, 0.29) is 6.42 Å². The Morgan fingerprint density at radius 3 is 2.29 bits per heavy atom. The van der Waals surface area contributed by atoms with E-state index in [0.29, 0.717) is 25.9 Å². The van der Waals surface area contributed by atoms with Crippen molar-refractivity contribution in [2.45, 2.75) is 31.0 Å². The average molecular weight is 209 g/mol. The summed E-state index contributed by atoms with van der Waals surface area (Å²) >= 11 is 0. The highest BCUT2D eigenvalue weighted by atomic mass is 19.4. The summed E-state index contributed by atoms with van der Waals surface area (Å²) in [5, 5.41) is 12.8. The van der Waals surface area contributed by atoms with Crippen LogP contribution in [0.4, 0.5) is 13.2 Å². The zero-order valence-electron chi connectivity index (χ0n) is 7.82. The van der Waals surface area contributed by atoms with Crippen LogP contribution in [0.15, 0.2) is 12.2 Å². The lowest BCUT2D eigenvalue weighted by atomic mass is 9.86. The highest BCUT2D eigenvalue weighted by molar-refractivity contribution is 5.08. The molecule has 1 fully saturated rings. The molecule has 2 nitrogen and oxygen atoms in total. The Balaban J connectivity index is 2.54. The molecule has 5 heteroatoms. The van der Waals surface area contributed by atoms with Gasteiger partial charge in [-0.05, 0) is 25.9 Å². The van der Waals surface area contributed by atoms with Crippen molar-refractivity contribution in [3.63, 3.8) is 0 Å². The monoisotopic (exact) mass is 209 g/mol. The quantitative estimate of drug-likeness (QED) is 0.677. The van der Waals surface area contributed by atoms with E-state index >= 15 is 0 Å². The molecule has 0 aromatic heterocycles. The van der Waals surface area contributed by atoms with Gasteiger partial charge in [0.15, 0.2) is 0 Å². The predicted molar refractivity (Wildman–Crippen MR) is 46.9 cm³/mol. The fraction of sp³-hybridized carbons (Fsp3) is 0.778. The Kier molecular flexibility index (Phi) is 3.21. The van der Waals surface area contributed by atoms with E-state index in [9.17, 15) is 18.3 Å². The summed E-state index contributed by atoms with van der Waals surface area (Å²) in [7, 11) is 0. The summed E-state index contributed by atoms with van der Waals surface area (Å²) in [6, 6.07) is 0. The normalized spacial score (nSPS) is 22.0. The van der Waals surface area contributed by atoms with E-state index < -0.39 is 17.4 Å². The molecule has 0 unspecified atom stereocenters. The van der Waals surface area contributed by atoms with Crippen LogP contribution in [0.1, 0.15) is 19.3 Å². The minimum atomic E-state index is -4.39. The van der Waals surface area contributed by atoms with E-state index in [1.807, 2.05) is 0 Å². The van der Waals surface area contributed by atoms with Crippen LogP contribution in [-0.2, 0) is 0 Å². The van der Waals surface area contributed by atoms with Crippen LogP contribution in [0.2, 0.25) is 0 Å². The molecule has 1 saturated heterocycles. The average Bonchev–Trinajstić information content (AvgIpc) is 2.02. The van der Waals surface area contributed by atoms with Crippen molar-refractivity contribution in [3.05, 3.63) is 12.2 Å². The molecule has 0 aromatic carbocycles. The zero-order chi connectivity index (χ0) is 10.8. The van der Waals surface area contributed by atoms with Gasteiger partial charge in [0.25, 0.3) is 0 Å². The highest BCUT2D eigenvalue weighted by Crippen LogP contribution is 2.33. The predicted octanol–water partition coefficient (Wildman–Crippen LogP) is 1.61. The van der Waals surface area contributed by atoms with Gasteiger partial charge in [-0.1, -0.05) is 6.58 Å². The first-order chi connectivity index (χ1) is 6.33. The number of hydrogen-bond donors (Lipinski definition) is 2. The molecule has 0 aromatic rings. The number of rotatable bonds is 2. The van der Waals surface area contributed by atoms with Crippen LogP contribution in [0, 0.1) is 0 Å². The number of aliphatic hydroxyl groups is 1. The van der Waals surface area contributed by atoms with Gasteiger partial charge in [-0.3, -0.25) is 0 Å². The van der Waals surface area contributed by atoms with E-state index in [4.69, 9.17) is 0 Å². The fourth-order valence-corrected chi connectivity index (χ4v) is 1.57. The molecule has 0 atom stereocenters. The molecule has 1 rings (SSSR count). The summed E-state index contributed by atoms with van der Waals surface area (Å²) in [5.74, 6) is 0. The SMILES string of the molecule is C=C(CC1(O)CCNCC1)C(F)(F)F. The molecule has 0 aliphatic carbocycles. The van der Waals surface area contributed by atoms with Gasteiger partial charge in [-0.25, -0.2) is 0 Å². The minimum absolute atomic E-state index is 0.349. The maximum Gasteiger partial charge on any atom is 0.412 e. The lowest BCUT2D eigenvalue weighted by Crippen LogP contribution is -2.42. The van der Waals surface area contributed by atoms with Crippen molar-refractivity contribution in [1.29, 1.82) is 0 Å². The Morgan fingerprint density at radius 1 is 1.36 bits per heavy atom. The third-order valence-corrected chi connectivity index (χ3v) is 2.48. The van der Waals surface area contributed by atoms with E-state index in [1.165, 1.54) is 0 Å². The van der Waals surface area contributed by atoms with Crippen molar-refractivity contribution < 1.29 is 18.3 Å². The van der Waals surface area contributed by atoms with Gasteiger partial charge in [0.1, 0.15) is 0 Å². The third kappa shape index (κ3) is 2.99. The molecule has 1 aliphatic heterocycles. The van der Waals surface area contributed by atoms with Crippen LogP contribution in [-0.4, -0.2) is 30.0 Å². The van der Waals surface area contributed by atoms with Crippen molar-refractivity contribution in [2.24, 2.45) is 0 Å². The lowest BCUT2D eigenvalue weighted by molar-refractivity contribution is -0.104. The molecule has 1 heterocycles. The van der Waals surface area contributed by atoms with Gasteiger partial charge in [0, 0.05) is 12.0 Å². The van der Waals surface area contributed by atoms with Gasteiger partial charge in [-0.15, -0.1) is 0 Å². The molecule has 1 aliphatic rings. The summed E-state index contributed by atoms with van der Waals surface area (Å²) < 4.78 is 36.4. The van der Waals surface area contributed by atoms with Gasteiger partial charge in [0.05, 0.1) is 5.60 Å². The Morgan fingerprint density at radius 2 is 1.86 bits per heavy atom. The van der Waals surface area contributed by atoms with Crippen LogP contribution >= 0.6 is 0 Å². The lowest BCUT2D eigenvalue weighted by Gasteiger charge is -2.33. The van der Waals surface area contributed by atoms with E-state index in [2.05, 4.69) is 11.9 Å². The smallest absolute Gasteiger partial charge is 0.389 e. The Hall–Kier alpha value is -0.550. The Labute approximate surface area is 80.8 Å². The van der Waals surface area contributed by atoms with Crippen LogP contribution in [0.25, 0.3) is 0 Å². The van der Waals surface area contributed by atoms with Crippen LogP contribution in [0.3, 0.4) is 0 Å². The molecule has 0 amide bonds. The van der Waals surface area contributed by atoms with Crippen molar-refractivity contribution >= 4 is 0 Å². The minimum Gasteiger partial charge on any atom is -0.389 e. The van der Waals surface area contributed by atoms with Crippen LogP contribution < -0.4 is 5.32 Å². The molecule has 0 radical (unpaired) electrons. The first kappa shape index (κ1) is 11.5. The topological polar surface area (TPSA) is 32.3 Å². The third-order valence-electron chi connectivity index (χ3n) is 2.48. The second-order valence-electron chi connectivity index (χ2n) is 3.75. The summed E-state index contributed by atoms with van der Waals surface area (Å²) in [4.78, 5) is 0. The summed E-state index contributed by atoms with van der Waals surface area (Å²) in [5.41, 5.74) is -2.07. The maximum atomic E-state index is 12.1. The van der Waals surface area contributed by atoms with Gasteiger partial charge >= 0.3 is 6.18 Å². The zero-order valence-corrected chi connectivity index (χ0v) is 7.82. The molecule has 14 heavy (non-hydrogen) atoms. The van der Waals surface area contributed by atoms with Crippen molar-refractivity contribution in [1.82, 2.24) is 5.32 Å². The molecule has 82 valence electrons. The van der Waals surface area contributed by atoms with Gasteiger partial charge in [0.2, 0.25) is 0 Å². The molecule has 0 bridgehead atoms. The largest absolute Gasteiger partial charge is 0.412 e. The fourth-order valence-electron chi connectivity index (χ4n) is 1.57. The van der Waals surface area contributed by atoms with Crippen LogP contribution in [0.5, 0.6) is 0 Å². The standard InChI is InChI=1S/C9H14F3NO/c1-7(9(10,11)12)6-8(14)2-4-13-5-3-8/h13-14H,1-6H2. The van der Waals surface area contributed by atoms with Crippen molar-refractivity contribution in [2.75, 3.05) is 13.1 Å². The van der Waals surface area contributed by atoms with Gasteiger partial charge < -0.3 is 10.4 Å². The summed E-state index contributed by atoms with van der Waals surface area (Å²) in [6.07, 6.45) is -4.07. The Bertz CT molecular complexity index is 219. The number of hydrogen-bond acceptors (Lipinski definition) is 2. The number of alkyl halides is 3. The maximum absolute atomic E-state index is 12.1. The molecule has 0 saturated carbocycles. The highest BCUT2D eigenvalue weighted by Gasteiger charge is 2.38. The van der Waals surface area contributed by atoms with Crippen molar-refractivity contribution in [3.8, 4) is 0 Å².